The minimum absolute atomic E-state index is 0.0525. The van der Waals surface area contributed by atoms with Gasteiger partial charge in [-0.1, -0.05) is 32.3 Å². The van der Waals surface area contributed by atoms with Gasteiger partial charge in [0.25, 0.3) is 0 Å². The van der Waals surface area contributed by atoms with Crippen molar-refractivity contribution in [3.05, 3.63) is 29.3 Å². The van der Waals surface area contributed by atoms with E-state index in [0.717, 1.165) is 25.7 Å². The molecule has 0 bridgehead atoms. The Morgan fingerprint density at radius 3 is 2.78 bits per heavy atom. The van der Waals surface area contributed by atoms with Gasteiger partial charge in [-0.15, -0.1) is 0 Å². The molecule has 1 N–H and O–H groups in total. The Balaban J connectivity index is 2.11. The quantitative estimate of drug-likeness (QED) is 0.826. The normalized spacial score (nSPS) is 24.0. The Bertz CT molecular complexity index is 417. The Morgan fingerprint density at radius 2 is 2.06 bits per heavy atom. The van der Waals surface area contributed by atoms with Crippen LogP contribution in [0.5, 0.6) is 0 Å². The number of aryl methyl sites for hydroxylation is 1. The highest BCUT2D eigenvalue weighted by Gasteiger charge is 2.22. The molecule has 0 amide bonds. The van der Waals surface area contributed by atoms with E-state index < -0.39 is 11.6 Å². The Morgan fingerprint density at radius 1 is 1.28 bits per heavy atom. The van der Waals surface area contributed by atoms with Crippen molar-refractivity contribution < 1.29 is 8.78 Å². The molecule has 1 aliphatic rings. The largest absolute Gasteiger partial charge is 0.378 e. The zero-order valence-electron chi connectivity index (χ0n) is 11.1. The average molecular weight is 253 g/mol. The van der Waals surface area contributed by atoms with E-state index in [0.29, 0.717) is 11.5 Å². The summed E-state index contributed by atoms with van der Waals surface area (Å²) in [5, 5.41) is 3.07. The summed E-state index contributed by atoms with van der Waals surface area (Å²) in [5.74, 6) is -0.252. The van der Waals surface area contributed by atoms with Crippen LogP contribution in [0.4, 0.5) is 14.5 Å². The predicted octanol–water partition coefficient (Wildman–Crippen LogP) is 4.65. The molecule has 1 nitrogen and oxygen atoms in total. The zero-order chi connectivity index (χ0) is 13.1. The van der Waals surface area contributed by atoms with Crippen LogP contribution in [0.1, 0.15) is 44.6 Å². The second-order valence-corrected chi connectivity index (χ2v) is 5.34. The van der Waals surface area contributed by atoms with E-state index in [9.17, 15) is 8.78 Å². The Labute approximate surface area is 108 Å². The van der Waals surface area contributed by atoms with Gasteiger partial charge in [0.05, 0.1) is 0 Å². The maximum absolute atomic E-state index is 13.9. The average Bonchev–Trinajstić information content (AvgIpc) is 2.39. The summed E-state index contributed by atoms with van der Waals surface area (Å²) in [6.07, 6.45) is 5.56. The van der Waals surface area contributed by atoms with Gasteiger partial charge in [0, 0.05) is 6.04 Å². The van der Waals surface area contributed by atoms with Gasteiger partial charge in [-0.05, 0) is 37.3 Å². The third kappa shape index (κ3) is 2.82. The van der Waals surface area contributed by atoms with Gasteiger partial charge >= 0.3 is 0 Å². The molecule has 3 heteroatoms. The summed E-state index contributed by atoms with van der Waals surface area (Å²) in [6, 6.07) is 3.02. The van der Waals surface area contributed by atoms with E-state index in [4.69, 9.17) is 0 Å². The first kappa shape index (κ1) is 13.3. The topological polar surface area (TPSA) is 12.0 Å². The molecule has 0 saturated heterocycles. The molecular formula is C15H21F2N. The minimum Gasteiger partial charge on any atom is -0.378 e. The molecule has 1 aromatic carbocycles. The summed E-state index contributed by atoms with van der Waals surface area (Å²) in [5.41, 5.74) is 0.540. The zero-order valence-corrected chi connectivity index (χ0v) is 11.1. The lowest BCUT2D eigenvalue weighted by molar-refractivity contribution is 0.326. The SMILES string of the molecule is CCC1CCCC(Nc2c(F)ccc(C)c2F)C1. The monoisotopic (exact) mass is 253 g/mol. The molecule has 2 atom stereocenters. The van der Waals surface area contributed by atoms with Crippen molar-refractivity contribution in [1.82, 2.24) is 0 Å². The molecule has 18 heavy (non-hydrogen) atoms. The fourth-order valence-electron chi connectivity index (χ4n) is 2.79. The lowest BCUT2D eigenvalue weighted by Gasteiger charge is -2.30. The molecular weight excluding hydrogens is 232 g/mol. The molecule has 100 valence electrons. The summed E-state index contributed by atoms with van der Waals surface area (Å²) < 4.78 is 27.6. The van der Waals surface area contributed by atoms with E-state index >= 15 is 0 Å². The molecule has 1 aromatic rings. The third-order valence-electron chi connectivity index (χ3n) is 3.99. The van der Waals surface area contributed by atoms with Gasteiger partial charge in [0.15, 0.2) is 5.82 Å². The van der Waals surface area contributed by atoms with Crippen LogP contribution in [0.15, 0.2) is 12.1 Å². The van der Waals surface area contributed by atoms with Gasteiger partial charge in [0.1, 0.15) is 11.5 Å². The first-order valence-corrected chi connectivity index (χ1v) is 6.83. The fourth-order valence-corrected chi connectivity index (χ4v) is 2.79. The minimum atomic E-state index is -0.489. The summed E-state index contributed by atoms with van der Waals surface area (Å²) in [7, 11) is 0. The Kier molecular flexibility index (Phi) is 4.20. The number of rotatable bonds is 3. The first-order valence-electron chi connectivity index (χ1n) is 6.83. The van der Waals surface area contributed by atoms with E-state index in [1.807, 2.05) is 0 Å². The van der Waals surface area contributed by atoms with Crippen LogP contribution in [0, 0.1) is 24.5 Å². The summed E-state index contributed by atoms with van der Waals surface area (Å²) in [6.45, 7) is 3.84. The molecule has 2 unspecified atom stereocenters. The van der Waals surface area contributed by atoms with Crippen LogP contribution in [0.25, 0.3) is 0 Å². The number of anilines is 1. The smallest absolute Gasteiger partial charge is 0.152 e. The first-order chi connectivity index (χ1) is 8.61. The molecule has 1 fully saturated rings. The number of hydrogen-bond acceptors (Lipinski definition) is 1. The van der Waals surface area contributed by atoms with Gasteiger partial charge in [-0.3, -0.25) is 0 Å². The van der Waals surface area contributed by atoms with E-state index in [1.54, 1.807) is 6.92 Å². The molecule has 2 rings (SSSR count). The van der Waals surface area contributed by atoms with Crippen molar-refractivity contribution >= 4 is 5.69 Å². The fraction of sp³-hybridized carbons (Fsp3) is 0.600. The standard InChI is InChI=1S/C15H21F2N/c1-3-11-5-4-6-12(9-11)18-15-13(16)8-7-10(2)14(15)17/h7-8,11-12,18H,3-6,9H2,1-2H3. The van der Waals surface area contributed by atoms with Crippen LogP contribution in [-0.4, -0.2) is 6.04 Å². The van der Waals surface area contributed by atoms with Gasteiger partial charge < -0.3 is 5.32 Å². The highest BCUT2D eigenvalue weighted by atomic mass is 19.1. The van der Waals surface area contributed by atoms with Crippen molar-refractivity contribution in [2.75, 3.05) is 5.32 Å². The molecule has 0 radical (unpaired) electrons. The molecule has 1 aliphatic carbocycles. The molecule has 0 aliphatic heterocycles. The van der Waals surface area contributed by atoms with Crippen LogP contribution < -0.4 is 5.32 Å². The van der Waals surface area contributed by atoms with Crippen LogP contribution in [-0.2, 0) is 0 Å². The maximum Gasteiger partial charge on any atom is 0.152 e. The van der Waals surface area contributed by atoms with Crippen molar-refractivity contribution in [2.24, 2.45) is 5.92 Å². The number of hydrogen-bond donors (Lipinski definition) is 1. The van der Waals surface area contributed by atoms with Crippen molar-refractivity contribution in [1.29, 1.82) is 0 Å². The molecule has 0 heterocycles. The van der Waals surface area contributed by atoms with E-state index in [2.05, 4.69) is 12.2 Å². The van der Waals surface area contributed by atoms with Crippen LogP contribution >= 0.6 is 0 Å². The second kappa shape index (κ2) is 5.68. The maximum atomic E-state index is 13.9. The molecule has 0 aromatic heterocycles. The highest BCUT2D eigenvalue weighted by molar-refractivity contribution is 5.49. The summed E-state index contributed by atoms with van der Waals surface area (Å²) >= 11 is 0. The van der Waals surface area contributed by atoms with Crippen molar-refractivity contribution in [3.8, 4) is 0 Å². The van der Waals surface area contributed by atoms with Gasteiger partial charge in [-0.2, -0.15) is 0 Å². The van der Waals surface area contributed by atoms with E-state index in [-0.39, 0.29) is 11.7 Å². The predicted molar refractivity (Wildman–Crippen MR) is 70.8 cm³/mol. The number of nitrogens with one attached hydrogen (secondary N) is 1. The van der Waals surface area contributed by atoms with E-state index in [1.165, 1.54) is 18.6 Å². The van der Waals surface area contributed by atoms with Gasteiger partial charge in [-0.25, -0.2) is 8.78 Å². The lowest BCUT2D eigenvalue weighted by Crippen LogP contribution is -2.28. The van der Waals surface area contributed by atoms with Crippen LogP contribution in [0.2, 0.25) is 0 Å². The third-order valence-corrected chi connectivity index (χ3v) is 3.99. The van der Waals surface area contributed by atoms with Crippen molar-refractivity contribution in [3.63, 3.8) is 0 Å². The van der Waals surface area contributed by atoms with Crippen LogP contribution in [0.3, 0.4) is 0 Å². The second-order valence-electron chi connectivity index (χ2n) is 5.34. The number of benzene rings is 1. The van der Waals surface area contributed by atoms with Crippen molar-refractivity contribution in [2.45, 2.75) is 52.0 Å². The lowest BCUT2D eigenvalue weighted by atomic mass is 9.84. The highest BCUT2D eigenvalue weighted by Crippen LogP contribution is 2.30. The Hall–Kier alpha value is -1.12. The van der Waals surface area contributed by atoms with Gasteiger partial charge in [0.2, 0.25) is 0 Å². The number of halogens is 2. The molecule has 0 spiro atoms. The summed E-state index contributed by atoms with van der Waals surface area (Å²) in [4.78, 5) is 0. The molecule has 1 saturated carbocycles.